The monoisotopic (exact) mass is 355 g/mol. The van der Waals surface area contributed by atoms with Crippen LogP contribution in [0.3, 0.4) is 0 Å². The van der Waals surface area contributed by atoms with Crippen molar-refractivity contribution in [1.82, 2.24) is 4.90 Å². The molecule has 0 bridgehead atoms. The second-order valence-corrected chi connectivity index (χ2v) is 7.80. The van der Waals surface area contributed by atoms with Crippen molar-refractivity contribution in [3.05, 3.63) is 0 Å². The fourth-order valence-corrected chi connectivity index (χ4v) is 3.67. The lowest BCUT2D eigenvalue weighted by Crippen LogP contribution is -2.21. The van der Waals surface area contributed by atoms with Crippen molar-refractivity contribution < 1.29 is 9.90 Å². The molecule has 0 aromatic carbocycles. The van der Waals surface area contributed by atoms with Crippen molar-refractivity contribution in [2.75, 3.05) is 19.6 Å². The van der Waals surface area contributed by atoms with E-state index in [1.165, 1.54) is 110 Å². The Morgan fingerprint density at radius 3 is 1.88 bits per heavy atom. The molecule has 0 saturated carbocycles. The van der Waals surface area contributed by atoms with Gasteiger partial charge in [-0.15, -0.1) is 0 Å². The van der Waals surface area contributed by atoms with E-state index in [1.54, 1.807) is 0 Å². The van der Waals surface area contributed by atoms with Crippen LogP contribution >= 0.6 is 0 Å². The van der Waals surface area contributed by atoms with Crippen LogP contribution in [0.5, 0.6) is 0 Å². The molecule has 150 valence electrons. The van der Waals surface area contributed by atoms with Crippen molar-refractivity contribution in [3.8, 4) is 0 Å². The van der Waals surface area contributed by atoms with Gasteiger partial charge in [0.2, 0.25) is 0 Å². The molecule has 1 atom stereocenters. The molecule has 0 aliphatic carbocycles. The maximum absolute atomic E-state index is 9.00. The van der Waals surface area contributed by atoms with Gasteiger partial charge in [0, 0.05) is 13.5 Å². The Balaban J connectivity index is 0.00000129. The summed E-state index contributed by atoms with van der Waals surface area (Å²) < 4.78 is 0. The van der Waals surface area contributed by atoms with E-state index in [1.807, 2.05) is 0 Å². The summed E-state index contributed by atoms with van der Waals surface area (Å²) in [5.41, 5.74) is 0. The standard InChI is InChI=1S/C20H41N.C2H4O2/c1-3-5-7-8-9-10-11-12-13-14-17-21-18-16-20(19-21)15-6-4-2;1-2(3)4/h20H,3-19H2,1-2H3;1H3,(H,3,4). The largest absolute Gasteiger partial charge is 0.481 e. The molecule has 0 aromatic heterocycles. The van der Waals surface area contributed by atoms with Crippen molar-refractivity contribution in [1.29, 1.82) is 0 Å². The average Bonchev–Trinajstić information content (AvgIpc) is 3.02. The van der Waals surface area contributed by atoms with E-state index in [9.17, 15) is 0 Å². The lowest BCUT2D eigenvalue weighted by Gasteiger charge is -2.15. The van der Waals surface area contributed by atoms with E-state index >= 15 is 0 Å². The lowest BCUT2D eigenvalue weighted by atomic mass is 10.0. The number of likely N-dealkylation sites (tertiary alicyclic amines) is 1. The maximum Gasteiger partial charge on any atom is 0.300 e. The van der Waals surface area contributed by atoms with Crippen LogP contribution in [0.15, 0.2) is 0 Å². The van der Waals surface area contributed by atoms with Gasteiger partial charge in [0.05, 0.1) is 0 Å². The molecular weight excluding hydrogens is 310 g/mol. The molecule has 1 saturated heterocycles. The van der Waals surface area contributed by atoms with Crippen molar-refractivity contribution in [2.45, 2.75) is 111 Å². The van der Waals surface area contributed by atoms with Crippen LogP contribution in [0.25, 0.3) is 0 Å². The second kappa shape index (κ2) is 18.2. The predicted octanol–water partition coefficient (Wildman–Crippen LogP) is 6.51. The number of hydrogen-bond donors (Lipinski definition) is 1. The number of hydrogen-bond acceptors (Lipinski definition) is 2. The average molecular weight is 356 g/mol. The van der Waals surface area contributed by atoms with Gasteiger partial charge in [-0.3, -0.25) is 4.79 Å². The highest BCUT2D eigenvalue weighted by atomic mass is 16.4. The van der Waals surface area contributed by atoms with Gasteiger partial charge >= 0.3 is 0 Å². The summed E-state index contributed by atoms with van der Waals surface area (Å²) in [5.74, 6) is 0.188. The third-order valence-electron chi connectivity index (χ3n) is 5.16. The van der Waals surface area contributed by atoms with Crippen LogP contribution in [0, 0.1) is 5.92 Å². The Morgan fingerprint density at radius 1 is 0.880 bits per heavy atom. The number of unbranched alkanes of at least 4 members (excludes halogenated alkanes) is 10. The highest BCUT2D eigenvalue weighted by Crippen LogP contribution is 2.22. The van der Waals surface area contributed by atoms with Crippen LogP contribution in [0.4, 0.5) is 0 Å². The quantitative estimate of drug-likeness (QED) is 0.361. The Hall–Kier alpha value is -0.570. The molecule has 3 nitrogen and oxygen atoms in total. The van der Waals surface area contributed by atoms with Gasteiger partial charge in [-0.2, -0.15) is 0 Å². The summed E-state index contributed by atoms with van der Waals surface area (Å²) in [7, 11) is 0. The zero-order chi connectivity index (χ0) is 18.8. The Kier molecular flexibility index (Phi) is 17.8. The summed E-state index contributed by atoms with van der Waals surface area (Å²) in [5, 5.41) is 7.42. The van der Waals surface area contributed by atoms with Crippen LogP contribution in [0.1, 0.15) is 111 Å². The molecule has 1 unspecified atom stereocenters. The molecule has 3 heteroatoms. The first-order valence-corrected chi connectivity index (χ1v) is 11.0. The van der Waals surface area contributed by atoms with E-state index in [-0.39, 0.29) is 0 Å². The number of carboxylic acid groups (broad SMARTS) is 1. The topological polar surface area (TPSA) is 40.5 Å². The van der Waals surface area contributed by atoms with Gasteiger partial charge in [-0.25, -0.2) is 0 Å². The molecule has 0 radical (unpaired) electrons. The van der Waals surface area contributed by atoms with Crippen LogP contribution < -0.4 is 0 Å². The molecule has 0 amide bonds. The van der Waals surface area contributed by atoms with E-state index in [2.05, 4.69) is 18.7 Å². The summed E-state index contributed by atoms with van der Waals surface area (Å²) in [6.07, 6.45) is 20.3. The van der Waals surface area contributed by atoms with Gasteiger partial charge in [0.15, 0.2) is 0 Å². The fourth-order valence-electron chi connectivity index (χ4n) is 3.67. The van der Waals surface area contributed by atoms with Gasteiger partial charge in [-0.05, 0) is 38.3 Å². The normalized spacial score (nSPS) is 17.3. The van der Waals surface area contributed by atoms with Crippen molar-refractivity contribution in [2.24, 2.45) is 5.92 Å². The first-order chi connectivity index (χ1) is 12.1. The number of aliphatic carboxylic acids is 1. The molecule has 0 aromatic rings. The Bertz CT molecular complexity index is 290. The fraction of sp³-hybridized carbons (Fsp3) is 0.955. The van der Waals surface area contributed by atoms with E-state index in [4.69, 9.17) is 9.90 Å². The first kappa shape index (κ1) is 24.4. The van der Waals surface area contributed by atoms with Gasteiger partial charge in [0.1, 0.15) is 0 Å². The number of carboxylic acids is 1. The van der Waals surface area contributed by atoms with E-state index in [0.717, 1.165) is 12.8 Å². The molecule has 1 aliphatic rings. The van der Waals surface area contributed by atoms with Crippen LogP contribution in [-0.2, 0) is 4.79 Å². The minimum absolute atomic E-state index is 0.833. The third kappa shape index (κ3) is 18.0. The van der Waals surface area contributed by atoms with Crippen molar-refractivity contribution in [3.63, 3.8) is 0 Å². The van der Waals surface area contributed by atoms with Gasteiger partial charge in [0.25, 0.3) is 5.97 Å². The predicted molar refractivity (Wildman–Crippen MR) is 109 cm³/mol. The first-order valence-electron chi connectivity index (χ1n) is 11.0. The Labute approximate surface area is 157 Å². The molecule has 1 fully saturated rings. The number of rotatable bonds is 14. The molecular formula is C22H45NO2. The molecule has 1 aliphatic heterocycles. The van der Waals surface area contributed by atoms with E-state index in [0.29, 0.717) is 0 Å². The molecule has 25 heavy (non-hydrogen) atoms. The molecule has 1 rings (SSSR count). The van der Waals surface area contributed by atoms with E-state index < -0.39 is 5.97 Å². The number of nitrogens with zero attached hydrogens (tertiary/aromatic N) is 1. The van der Waals surface area contributed by atoms with Crippen LogP contribution in [-0.4, -0.2) is 35.6 Å². The minimum atomic E-state index is -0.833. The highest BCUT2D eigenvalue weighted by Gasteiger charge is 2.20. The maximum atomic E-state index is 9.00. The van der Waals surface area contributed by atoms with Gasteiger partial charge < -0.3 is 10.0 Å². The molecule has 0 spiro atoms. The molecule has 1 heterocycles. The zero-order valence-electron chi connectivity index (χ0n) is 17.4. The molecule has 1 N–H and O–H groups in total. The minimum Gasteiger partial charge on any atom is -0.481 e. The summed E-state index contributed by atoms with van der Waals surface area (Å²) in [6, 6.07) is 0. The van der Waals surface area contributed by atoms with Gasteiger partial charge in [-0.1, -0.05) is 84.5 Å². The highest BCUT2D eigenvalue weighted by molar-refractivity contribution is 5.62. The van der Waals surface area contributed by atoms with Crippen molar-refractivity contribution >= 4 is 5.97 Å². The SMILES string of the molecule is CC(=O)O.CCCCCCCCCCCCN1CCC(CCCC)C1. The Morgan fingerprint density at radius 2 is 1.36 bits per heavy atom. The number of carbonyl (C=O) groups is 1. The second-order valence-electron chi connectivity index (χ2n) is 7.80. The third-order valence-corrected chi connectivity index (χ3v) is 5.16. The zero-order valence-corrected chi connectivity index (χ0v) is 17.4. The summed E-state index contributed by atoms with van der Waals surface area (Å²) >= 11 is 0. The van der Waals surface area contributed by atoms with Crippen LogP contribution in [0.2, 0.25) is 0 Å². The summed E-state index contributed by atoms with van der Waals surface area (Å²) in [4.78, 5) is 11.7. The smallest absolute Gasteiger partial charge is 0.300 e. The lowest BCUT2D eigenvalue weighted by molar-refractivity contribution is -0.134. The summed E-state index contributed by atoms with van der Waals surface area (Å²) in [6.45, 7) is 9.85.